The summed E-state index contributed by atoms with van der Waals surface area (Å²) in [7, 11) is -3.74. The molecule has 1 fully saturated rings. The zero-order valence-electron chi connectivity index (χ0n) is 18.1. The average molecular weight is 500 g/mol. The first-order valence-corrected chi connectivity index (χ1v) is 12.9. The van der Waals surface area contributed by atoms with Crippen LogP contribution in [0.5, 0.6) is 0 Å². The van der Waals surface area contributed by atoms with Crippen molar-refractivity contribution >= 4 is 44.8 Å². The van der Waals surface area contributed by atoms with Crippen molar-refractivity contribution in [3.8, 4) is 0 Å². The molecule has 0 saturated carbocycles. The Bertz CT molecular complexity index is 1040. The molecule has 0 aliphatic carbocycles. The lowest BCUT2D eigenvalue weighted by Gasteiger charge is -2.28. The maximum Gasteiger partial charge on any atom is 0.243 e. The number of morpholine rings is 1. The van der Waals surface area contributed by atoms with Crippen molar-refractivity contribution in [1.82, 2.24) is 10.2 Å². The van der Waals surface area contributed by atoms with E-state index in [0.29, 0.717) is 11.6 Å². The van der Waals surface area contributed by atoms with Gasteiger partial charge in [-0.15, -0.1) is 0 Å². The molecule has 1 amide bonds. The van der Waals surface area contributed by atoms with Crippen LogP contribution in [0, 0.1) is 0 Å². The summed E-state index contributed by atoms with van der Waals surface area (Å²) < 4.78 is 31.2. The van der Waals surface area contributed by atoms with Gasteiger partial charge in [-0.05, 0) is 36.2 Å². The van der Waals surface area contributed by atoms with Gasteiger partial charge in [-0.2, -0.15) is 0 Å². The van der Waals surface area contributed by atoms with Crippen LogP contribution >= 0.6 is 23.2 Å². The Kier molecular flexibility index (Phi) is 8.41. The first-order chi connectivity index (χ1) is 15.1. The number of carbonyl (C=O) groups is 1. The summed E-state index contributed by atoms with van der Waals surface area (Å²) in [4.78, 5) is 15.1. The van der Waals surface area contributed by atoms with Gasteiger partial charge in [0.05, 0.1) is 35.2 Å². The SMILES string of the molecule is C[C@@H](C(=O)NCc1ccc(CN2CCOCC2)cc1)N(c1ccc(Cl)c(Cl)c1)S(C)(=O)=O. The fourth-order valence-corrected chi connectivity index (χ4v) is 5.01. The van der Waals surface area contributed by atoms with Crippen molar-refractivity contribution in [2.24, 2.45) is 0 Å². The molecule has 0 bridgehead atoms. The normalized spacial score (nSPS) is 15.9. The van der Waals surface area contributed by atoms with Gasteiger partial charge < -0.3 is 10.1 Å². The summed E-state index contributed by atoms with van der Waals surface area (Å²) in [5.41, 5.74) is 2.40. The number of carbonyl (C=O) groups excluding carboxylic acids is 1. The number of nitrogens with one attached hydrogen (secondary N) is 1. The van der Waals surface area contributed by atoms with E-state index >= 15 is 0 Å². The van der Waals surface area contributed by atoms with Crippen LogP contribution in [0.3, 0.4) is 0 Å². The monoisotopic (exact) mass is 499 g/mol. The number of benzene rings is 2. The van der Waals surface area contributed by atoms with Gasteiger partial charge in [0.25, 0.3) is 0 Å². The molecule has 1 saturated heterocycles. The second-order valence-corrected chi connectivity index (χ2v) is 10.4. The molecule has 1 atom stereocenters. The maximum atomic E-state index is 12.8. The van der Waals surface area contributed by atoms with Crippen molar-refractivity contribution in [1.29, 1.82) is 0 Å². The molecule has 1 heterocycles. The number of ether oxygens (including phenoxy) is 1. The summed E-state index contributed by atoms with van der Waals surface area (Å²) in [5.74, 6) is -0.418. The van der Waals surface area contributed by atoms with Crippen molar-refractivity contribution in [3.05, 3.63) is 63.6 Å². The molecule has 1 N–H and O–H groups in total. The van der Waals surface area contributed by atoms with E-state index in [0.717, 1.165) is 49.0 Å². The van der Waals surface area contributed by atoms with Gasteiger partial charge in [0, 0.05) is 26.2 Å². The average Bonchev–Trinajstić information content (AvgIpc) is 2.75. The Hall–Kier alpha value is -1.84. The van der Waals surface area contributed by atoms with Crippen LogP contribution in [-0.4, -0.2) is 57.8 Å². The summed E-state index contributed by atoms with van der Waals surface area (Å²) in [5, 5.41) is 3.33. The first-order valence-electron chi connectivity index (χ1n) is 10.3. The number of hydrogen-bond acceptors (Lipinski definition) is 5. The Balaban J connectivity index is 1.62. The minimum Gasteiger partial charge on any atom is -0.379 e. The molecule has 0 aromatic heterocycles. The second kappa shape index (κ2) is 10.9. The largest absolute Gasteiger partial charge is 0.379 e. The van der Waals surface area contributed by atoms with E-state index in [4.69, 9.17) is 27.9 Å². The lowest BCUT2D eigenvalue weighted by molar-refractivity contribution is -0.122. The molecule has 2 aromatic carbocycles. The highest BCUT2D eigenvalue weighted by Crippen LogP contribution is 2.29. The number of amides is 1. The Morgan fingerprint density at radius 1 is 1.09 bits per heavy atom. The highest BCUT2D eigenvalue weighted by atomic mass is 35.5. The number of hydrogen-bond donors (Lipinski definition) is 1. The Morgan fingerprint density at radius 2 is 1.72 bits per heavy atom. The van der Waals surface area contributed by atoms with Gasteiger partial charge >= 0.3 is 0 Å². The molecule has 174 valence electrons. The molecule has 10 heteroatoms. The van der Waals surface area contributed by atoms with Crippen LogP contribution in [0.2, 0.25) is 10.0 Å². The number of anilines is 1. The zero-order chi connectivity index (χ0) is 23.3. The lowest BCUT2D eigenvalue weighted by Crippen LogP contribution is -2.47. The third-order valence-corrected chi connectivity index (χ3v) is 7.23. The Labute approximate surface area is 199 Å². The van der Waals surface area contributed by atoms with Gasteiger partial charge in [-0.1, -0.05) is 47.5 Å². The predicted molar refractivity (Wildman–Crippen MR) is 128 cm³/mol. The molecule has 0 unspecified atom stereocenters. The molecule has 3 rings (SSSR count). The number of halogens is 2. The topological polar surface area (TPSA) is 79.0 Å². The summed E-state index contributed by atoms with van der Waals surface area (Å²) in [6, 6.07) is 11.5. The minimum atomic E-state index is -3.74. The van der Waals surface area contributed by atoms with E-state index in [-0.39, 0.29) is 10.7 Å². The first kappa shape index (κ1) is 24.8. The number of nitrogens with zero attached hydrogens (tertiary/aromatic N) is 2. The van der Waals surface area contributed by atoms with E-state index in [1.807, 2.05) is 24.3 Å². The summed E-state index contributed by atoms with van der Waals surface area (Å²) in [6.45, 7) is 6.05. The van der Waals surface area contributed by atoms with E-state index in [1.54, 1.807) is 0 Å². The number of sulfonamides is 1. The van der Waals surface area contributed by atoms with E-state index in [1.165, 1.54) is 30.7 Å². The van der Waals surface area contributed by atoms with Gasteiger partial charge in [0.2, 0.25) is 15.9 Å². The predicted octanol–water partition coefficient (Wildman–Crippen LogP) is 3.30. The molecular formula is C22H27Cl2N3O4S. The minimum absolute atomic E-state index is 0.211. The zero-order valence-corrected chi connectivity index (χ0v) is 20.4. The highest BCUT2D eigenvalue weighted by Gasteiger charge is 2.29. The Morgan fingerprint density at radius 3 is 2.31 bits per heavy atom. The fourth-order valence-electron chi connectivity index (χ4n) is 3.55. The molecule has 0 spiro atoms. The van der Waals surface area contributed by atoms with E-state index < -0.39 is 22.0 Å². The van der Waals surface area contributed by atoms with Crippen LogP contribution in [0.15, 0.2) is 42.5 Å². The molecule has 7 nitrogen and oxygen atoms in total. The number of rotatable bonds is 8. The van der Waals surface area contributed by atoms with Gasteiger partial charge in [0.15, 0.2) is 0 Å². The van der Waals surface area contributed by atoms with E-state index in [2.05, 4.69) is 10.2 Å². The quantitative estimate of drug-likeness (QED) is 0.602. The van der Waals surface area contributed by atoms with Crippen LogP contribution in [0.1, 0.15) is 18.1 Å². The third kappa shape index (κ3) is 6.59. The molecule has 1 aliphatic rings. The van der Waals surface area contributed by atoms with Gasteiger partial charge in [-0.25, -0.2) is 8.42 Å². The van der Waals surface area contributed by atoms with Crippen LogP contribution in [0.4, 0.5) is 5.69 Å². The van der Waals surface area contributed by atoms with Gasteiger partial charge in [0.1, 0.15) is 6.04 Å². The lowest BCUT2D eigenvalue weighted by atomic mass is 10.1. The van der Waals surface area contributed by atoms with Crippen LogP contribution in [0.25, 0.3) is 0 Å². The van der Waals surface area contributed by atoms with Crippen molar-refractivity contribution in [2.45, 2.75) is 26.1 Å². The molecule has 2 aromatic rings. The molecule has 0 radical (unpaired) electrons. The third-order valence-electron chi connectivity index (χ3n) is 5.25. The molecule has 1 aliphatic heterocycles. The van der Waals surface area contributed by atoms with Gasteiger partial charge in [-0.3, -0.25) is 14.0 Å². The summed E-state index contributed by atoms with van der Waals surface area (Å²) in [6.07, 6.45) is 1.05. The smallest absolute Gasteiger partial charge is 0.243 e. The molecular weight excluding hydrogens is 473 g/mol. The second-order valence-electron chi connectivity index (χ2n) is 7.76. The highest BCUT2D eigenvalue weighted by molar-refractivity contribution is 7.92. The maximum absolute atomic E-state index is 12.8. The summed E-state index contributed by atoms with van der Waals surface area (Å²) >= 11 is 12.0. The fraction of sp³-hybridized carbons (Fsp3) is 0.409. The van der Waals surface area contributed by atoms with Crippen molar-refractivity contribution < 1.29 is 17.9 Å². The van der Waals surface area contributed by atoms with Crippen molar-refractivity contribution in [3.63, 3.8) is 0 Å². The molecule has 32 heavy (non-hydrogen) atoms. The van der Waals surface area contributed by atoms with Crippen LogP contribution in [-0.2, 0) is 32.6 Å². The van der Waals surface area contributed by atoms with Crippen molar-refractivity contribution in [2.75, 3.05) is 36.9 Å². The standard InChI is InChI=1S/C22H27Cl2N3O4S/c1-16(27(32(2,29)30)19-7-8-20(23)21(24)13-19)22(28)25-14-17-3-5-18(6-4-17)15-26-9-11-31-12-10-26/h3-8,13,16H,9-12,14-15H2,1-2H3,(H,25,28)/t16-/m0/s1. The van der Waals surface area contributed by atoms with Crippen LogP contribution < -0.4 is 9.62 Å². The van der Waals surface area contributed by atoms with E-state index in [9.17, 15) is 13.2 Å².